The Morgan fingerprint density at radius 2 is 2.00 bits per heavy atom. The van der Waals surface area contributed by atoms with E-state index >= 15 is 0 Å². The molecule has 0 saturated heterocycles. The molecule has 0 bridgehead atoms. The Morgan fingerprint density at radius 3 is 2.59 bits per heavy atom. The maximum absolute atomic E-state index is 13.0. The Morgan fingerprint density at radius 1 is 1.24 bits per heavy atom. The molecule has 17 heavy (non-hydrogen) atoms. The zero-order valence-electron chi connectivity index (χ0n) is 9.61. The van der Waals surface area contributed by atoms with E-state index in [2.05, 4.69) is 5.32 Å². The van der Waals surface area contributed by atoms with Crippen LogP contribution >= 0.6 is 11.6 Å². The first-order chi connectivity index (χ1) is 8.15. The minimum absolute atomic E-state index is 0.361. The van der Waals surface area contributed by atoms with Crippen LogP contribution in [0.1, 0.15) is 24.8 Å². The molecule has 0 spiro atoms. The first kappa shape index (κ1) is 12.8. The molecule has 1 aromatic rings. The van der Waals surface area contributed by atoms with E-state index in [9.17, 15) is 8.78 Å². The zero-order valence-corrected chi connectivity index (χ0v) is 10.4. The van der Waals surface area contributed by atoms with Gasteiger partial charge in [0.15, 0.2) is 11.6 Å². The summed E-state index contributed by atoms with van der Waals surface area (Å²) < 4.78 is 25.7. The second-order valence-electron chi connectivity index (χ2n) is 4.79. The van der Waals surface area contributed by atoms with Crippen molar-refractivity contribution in [1.29, 1.82) is 0 Å². The molecule has 1 saturated carbocycles. The van der Waals surface area contributed by atoms with Crippen molar-refractivity contribution in [3.05, 3.63) is 35.4 Å². The van der Waals surface area contributed by atoms with Gasteiger partial charge in [-0.05, 0) is 42.4 Å². The fourth-order valence-corrected chi connectivity index (χ4v) is 2.41. The van der Waals surface area contributed by atoms with Crippen LogP contribution in [-0.4, -0.2) is 12.4 Å². The van der Waals surface area contributed by atoms with Crippen LogP contribution < -0.4 is 5.32 Å². The molecule has 94 valence electrons. The number of benzene rings is 1. The predicted molar refractivity (Wildman–Crippen MR) is 65.1 cm³/mol. The molecule has 1 aliphatic rings. The lowest BCUT2D eigenvalue weighted by Gasteiger charge is -2.14. The molecule has 0 atom stereocenters. The van der Waals surface area contributed by atoms with E-state index in [1.54, 1.807) is 6.07 Å². The minimum atomic E-state index is -0.797. The molecular formula is C13H16ClF2N. The van der Waals surface area contributed by atoms with Crippen molar-refractivity contribution in [2.45, 2.75) is 25.8 Å². The molecule has 2 rings (SSSR count). The lowest BCUT2D eigenvalue weighted by molar-refractivity contribution is 0.444. The van der Waals surface area contributed by atoms with Gasteiger partial charge in [0, 0.05) is 19.0 Å². The van der Waals surface area contributed by atoms with Crippen molar-refractivity contribution in [3.8, 4) is 0 Å². The van der Waals surface area contributed by atoms with Crippen LogP contribution in [0.2, 0.25) is 0 Å². The summed E-state index contributed by atoms with van der Waals surface area (Å²) >= 11 is 5.74. The molecule has 0 radical (unpaired) electrons. The Hall–Kier alpha value is -0.670. The Kier molecular flexibility index (Phi) is 4.00. The van der Waals surface area contributed by atoms with Gasteiger partial charge in [0.05, 0.1) is 0 Å². The van der Waals surface area contributed by atoms with E-state index in [-0.39, 0.29) is 0 Å². The molecule has 0 aliphatic heterocycles. The average Bonchev–Trinajstić information content (AvgIpc) is 3.04. The smallest absolute Gasteiger partial charge is 0.159 e. The normalized spacial score (nSPS) is 17.1. The van der Waals surface area contributed by atoms with E-state index in [1.165, 1.54) is 18.9 Å². The highest BCUT2D eigenvalue weighted by atomic mass is 35.5. The summed E-state index contributed by atoms with van der Waals surface area (Å²) in [4.78, 5) is 0. The van der Waals surface area contributed by atoms with Crippen LogP contribution in [0.15, 0.2) is 18.2 Å². The van der Waals surface area contributed by atoms with E-state index in [0.29, 0.717) is 17.8 Å². The first-order valence-electron chi connectivity index (χ1n) is 5.86. The van der Waals surface area contributed by atoms with Crippen LogP contribution in [0, 0.1) is 17.0 Å². The van der Waals surface area contributed by atoms with E-state index < -0.39 is 11.6 Å². The van der Waals surface area contributed by atoms with Gasteiger partial charge in [-0.1, -0.05) is 6.07 Å². The summed E-state index contributed by atoms with van der Waals surface area (Å²) in [6.07, 6.45) is 3.45. The lowest BCUT2D eigenvalue weighted by Crippen LogP contribution is -2.24. The number of alkyl halides is 1. The van der Waals surface area contributed by atoms with Crippen molar-refractivity contribution >= 4 is 11.6 Å². The average molecular weight is 260 g/mol. The standard InChI is InChI=1S/C13H16ClF2N/c14-6-5-13(3-4-13)9-17-8-10-1-2-11(15)12(16)7-10/h1-2,7,17H,3-6,8-9H2. The highest BCUT2D eigenvalue weighted by Crippen LogP contribution is 2.48. The monoisotopic (exact) mass is 259 g/mol. The SMILES string of the molecule is Fc1ccc(CNCC2(CCCl)CC2)cc1F. The van der Waals surface area contributed by atoms with E-state index in [1.807, 2.05) is 0 Å². The molecule has 1 nitrogen and oxygen atoms in total. The number of nitrogens with one attached hydrogen (secondary N) is 1. The third-order valence-corrected chi connectivity index (χ3v) is 3.58. The second-order valence-corrected chi connectivity index (χ2v) is 5.17. The number of rotatable bonds is 6. The summed E-state index contributed by atoms with van der Waals surface area (Å²) in [6.45, 7) is 1.47. The van der Waals surface area contributed by atoms with Crippen LogP contribution in [0.25, 0.3) is 0 Å². The van der Waals surface area contributed by atoms with Crippen molar-refractivity contribution in [3.63, 3.8) is 0 Å². The summed E-state index contributed by atoms with van der Waals surface area (Å²) in [7, 11) is 0. The Labute approximate surface area is 105 Å². The summed E-state index contributed by atoms with van der Waals surface area (Å²) in [6, 6.07) is 4.01. The van der Waals surface area contributed by atoms with Crippen molar-refractivity contribution in [1.82, 2.24) is 5.32 Å². The van der Waals surface area contributed by atoms with Gasteiger partial charge in [0.25, 0.3) is 0 Å². The quantitative estimate of drug-likeness (QED) is 0.772. The second kappa shape index (κ2) is 5.32. The van der Waals surface area contributed by atoms with Crippen LogP contribution in [0.5, 0.6) is 0 Å². The van der Waals surface area contributed by atoms with Crippen molar-refractivity contribution in [2.75, 3.05) is 12.4 Å². The highest BCUT2D eigenvalue weighted by Gasteiger charge is 2.40. The largest absolute Gasteiger partial charge is 0.312 e. The molecule has 0 heterocycles. The van der Waals surface area contributed by atoms with Gasteiger partial charge in [-0.15, -0.1) is 11.6 Å². The third-order valence-electron chi connectivity index (χ3n) is 3.40. The third kappa shape index (κ3) is 3.39. The minimum Gasteiger partial charge on any atom is -0.312 e. The van der Waals surface area contributed by atoms with Crippen LogP contribution in [0.3, 0.4) is 0 Å². The topological polar surface area (TPSA) is 12.0 Å². The molecule has 1 aliphatic carbocycles. The van der Waals surface area contributed by atoms with Crippen LogP contribution in [0.4, 0.5) is 8.78 Å². The van der Waals surface area contributed by atoms with Crippen molar-refractivity contribution < 1.29 is 8.78 Å². The first-order valence-corrected chi connectivity index (χ1v) is 6.39. The summed E-state index contributed by atoms with van der Waals surface area (Å²) in [5.41, 5.74) is 1.13. The van der Waals surface area contributed by atoms with Gasteiger partial charge < -0.3 is 5.32 Å². The molecule has 1 aromatic carbocycles. The highest BCUT2D eigenvalue weighted by molar-refractivity contribution is 6.17. The number of halogens is 3. The van der Waals surface area contributed by atoms with Gasteiger partial charge in [-0.25, -0.2) is 8.78 Å². The van der Waals surface area contributed by atoms with Crippen molar-refractivity contribution in [2.24, 2.45) is 5.41 Å². The molecule has 0 amide bonds. The fourth-order valence-electron chi connectivity index (χ4n) is 2.01. The Balaban J connectivity index is 1.80. The van der Waals surface area contributed by atoms with Gasteiger partial charge in [-0.3, -0.25) is 0 Å². The number of hydrogen-bond acceptors (Lipinski definition) is 1. The van der Waals surface area contributed by atoms with Crippen LogP contribution in [-0.2, 0) is 6.54 Å². The molecule has 1 fully saturated rings. The van der Waals surface area contributed by atoms with Gasteiger partial charge in [0.2, 0.25) is 0 Å². The maximum Gasteiger partial charge on any atom is 0.159 e. The van der Waals surface area contributed by atoms with Gasteiger partial charge in [-0.2, -0.15) is 0 Å². The summed E-state index contributed by atoms with van der Waals surface area (Å²) in [5, 5.41) is 3.29. The predicted octanol–water partition coefficient (Wildman–Crippen LogP) is 3.46. The fraction of sp³-hybridized carbons (Fsp3) is 0.538. The van der Waals surface area contributed by atoms with E-state index in [4.69, 9.17) is 11.6 Å². The number of hydrogen-bond donors (Lipinski definition) is 1. The van der Waals surface area contributed by atoms with Gasteiger partial charge >= 0.3 is 0 Å². The lowest BCUT2D eigenvalue weighted by atomic mass is 10.0. The molecule has 0 aromatic heterocycles. The molecule has 1 N–H and O–H groups in total. The molecular weight excluding hydrogens is 244 g/mol. The van der Waals surface area contributed by atoms with E-state index in [0.717, 1.165) is 24.6 Å². The zero-order chi connectivity index (χ0) is 12.3. The summed E-state index contributed by atoms with van der Waals surface area (Å²) in [5.74, 6) is -0.895. The molecule has 0 unspecified atom stereocenters. The van der Waals surface area contributed by atoms with Gasteiger partial charge in [0.1, 0.15) is 0 Å². The molecule has 4 heteroatoms. The Bertz CT molecular complexity index is 391. The maximum atomic E-state index is 13.0.